The Morgan fingerprint density at radius 3 is 1.47 bits per heavy atom. The molecule has 1 aromatic rings. The summed E-state index contributed by atoms with van der Waals surface area (Å²) in [6, 6.07) is 6.74. The minimum Gasteiger partial charge on any atom is -0.462 e. The summed E-state index contributed by atoms with van der Waals surface area (Å²) in [5.74, 6) is -0.888. The number of benzene rings is 1. The third-order valence-electron chi connectivity index (χ3n) is 5.34. The van der Waals surface area contributed by atoms with E-state index in [1.807, 2.05) is 6.08 Å². The third kappa shape index (κ3) is 17.2. The summed E-state index contributed by atoms with van der Waals surface area (Å²) >= 11 is 0. The summed E-state index contributed by atoms with van der Waals surface area (Å²) < 4.78 is 10.7. The SMILES string of the molecule is C=CC=CCC.CCCCCCCCOC(=O)c1ccccc1C(=O)OCCCCCCCC. The molecule has 1 aromatic carbocycles. The molecule has 4 heteroatoms. The highest BCUT2D eigenvalue weighted by molar-refractivity contribution is 6.03. The van der Waals surface area contributed by atoms with Gasteiger partial charge in [-0.2, -0.15) is 0 Å². The number of rotatable bonds is 18. The first-order valence-corrected chi connectivity index (χ1v) is 13.3. The lowest BCUT2D eigenvalue weighted by atomic mass is 10.1. The predicted octanol–water partition coefficient (Wildman–Crippen LogP) is 8.86. The Balaban J connectivity index is 0.00000160. The van der Waals surface area contributed by atoms with Crippen LogP contribution in [0.3, 0.4) is 0 Å². The molecule has 0 aliphatic carbocycles. The fourth-order valence-corrected chi connectivity index (χ4v) is 3.32. The number of esters is 2. The monoisotopic (exact) mass is 472 g/mol. The topological polar surface area (TPSA) is 52.6 Å². The van der Waals surface area contributed by atoms with Gasteiger partial charge in [0.2, 0.25) is 0 Å². The van der Waals surface area contributed by atoms with E-state index in [0.717, 1.165) is 32.1 Å². The largest absolute Gasteiger partial charge is 0.462 e. The van der Waals surface area contributed by atoms with Gasteiger partial charge in [-0.25, -0.2) is 9.59 Å². The second kappa shape index (κ2) is 23.8. The minimum atomic E-state index is -0.444. The molecule has 0 bridgehead atoms. The van der Waals surface area contributed by atoms with Gasteiger partial charge in [-0.1, -0.05) is 122 Å². The smallest absolute Gasteiger partial charge is 0.339 e. The zero-order chi connectivity index (χ0) is 25.3. The molecule has 0 aliphatic rings. The average Bonchev–Trinajstić information content (AvgIpc) is 2.86. The third-order valence-corrected chi connectivity index (χ3v) is 5.34. The van der Waals surface area contributed by atoms with Gasteiger partial charge in [0.15, 0.2) is 0 Å². The highest BCUT2D eigenvalue weighted by atomic mass is 16.5. The lowest BCUT2D eigenvalue weighted by molar-refractivity contribution is 0.0450. The summed E-state index contributed by atoms with van der Waals surface area (Å²) in [5, 5.41) is 0. The van der Waals surface area contributed by atoms with Crippen LogP contribution >= 0.6 is 0 Å². The predicted molar refractivity (Wildman–Crippen MR) is 143 cm³/mol. The Kier molecular flexibility index (Phi) is 22.1. The number of allylic oxidation sites excluding steroid dienone is 3. The van der Waals surface area contributed by atoms with Crippen molar-refractivity contribution in [1.82, 2.24) is 0 Å². The Hall–Kier alpha value is -2.36. The van der Waals surface area contributed by atoms with E-state index in [9.17, 15) is 9.59 Å². The van der Waals surface area contributed by atoms with Crippen LogP contribution in [0.5, 0.6) is 0 Å². The van der Waals surface area contributed by atoms with E-state index in [4.69, 9.17) is 9.47 Å². The van der Waals surface area contributed by atoms with E-state index >= 15 is 0 Å². The minimum absolute atomic E-state index is 0.293. The average molecular weight is 473 g/mol. The fourth-order valence-electron chi connectivity index (χ4n) is 3.32. The van der Waals surface area contributed by atoms with Gasteiger partial charge in [0, 0.05) is 0 Å². The van der Waals surface area contributed by atoms with Crippen molar-refractivity contribution >= 4 is 11.9 Å². The van der Waals surface area contributed by atoms with Crippen molar-refractivity contribution < 1.29 is 19.1 Å². The van der Waals surface area contributed by atoms with E-state index < -0.39 is 11.9 Å². The van der Waals surface area contributed by atoms with Crippen molar-refractivity contribution in [3.63, 3.8) is 0 Å². The molecule has 0 unspecified atom stereocenters. The molecule has 4 nitrogen and oxygen atoms in total. The maximum Gasteiger partial charge on any atom is 0.339 e. The lowest BCUT2D eigenvalue weighted by Crippen LogP contribution is -2.15. The Labute approximate surface area is 208 Å². The van der Waals surface area contributed by atoms with Crippen molar-refractivity contribution in [2.75, 3.05) is 13.2 Å². The first-order chi connectivity index (χ1) is 16.6. The zero-order valence-corrected chi connectivity index (χ0v) is 22.0. The van der Waals surface area contributed by atoms with Gasteiger partial charge < -0.3 is 9.47 Å². The second-order valence-corrected chi connectivity index (χ2v) is 8.43. The molecule has 192 valence electrons. The molecule has 0 atom stereocenters. The highest BCUT2D eigenvalue weighted by Gasteiger charge is 2.18. The maximum absolute atomic E-state index is 12.4. The fraction of sp³-hybridized carbons (Fsp3) is 0.600. The van der Waals surface area contributed by atoms with E-state index in [1.54, 1.807) is 30.3 Å². The molecule has 0 aliphatic heterocycles. The van der Waals surface area contributed by atoms with Crippen LogP contribution in [0.25, 0.3) is 0 Å². The van der Waals surface area contributed by atoms with Crippen LogP contribution in [0.4, 0.5) is 0 Å². The number of unbranched alkanes of at least 4 members (excludes halogenated alkanes) is 10. The highest BCUT2D eigenvalue weighted by Crippen LogP contribution is 2.14. The summed E-state index contributed by atoms with van der Waals surface area (Å²) in [7, 11) is 0. The van der Waals surface area contributed by atoms with Crippen LogP contribution in [0.1, 0.15) is 125 Å². The van der Waals surface area contributed by atoms with Crippen LogP contribution in [-0.4, -0.2) is 25.2 Å². The number of hydrogen-bond acceptors (Lipinski definition) is 4. The molecule has 0 aromatic heterocycles. The van der Waals surface area contributed by atoms with Crippen LogP contribution < -0.4 is 0 Å². The summed E-state index contributed by atoms with van der Waals surface area (Å²) in [6.07, 6.45) is 20.5. The normalized spacial score (nSPS) is 10.4. The van der Waals surface area contributed by atoms with Gasteiger partial charge in [0.05, 0.1) is 24.3 Å². The van der Waals surface area contributed by atoms with Gasteiger partial charge in [-0.05, 0) is 31.4 Å². The number of hydrogen-bond donors (Lipinski definition) is 0. The van der Waals surface area contributed by atoms with E-state index in [-0.39, 0.29) is 0 Å². The van der Waals surface area contributed by atoms with Crippen molar-refractivity contribution in [3.8, 4) is 0 Å². The molecule has 0 amide bonds. The van der Waals surface area contributed by atoms with Crippen molar-refractivity contribution in [1.29, 1.82) is 0 Å². The first kappa shape index (κ1) is 31.6. The molecular weight excluding hydrogens is 424 g/mol. The zero-order valence-electron chi connectivity index (χ0n) is 22.0. The lowest BCUT2D eigenvalue weighted by Gasteiger charge is -2.10. The van der Waals surface area contributed by atoms with Crippen LogP contribution in [0.15, 0.2) is 49.1 Å². The molecule has 0 saturated carbocycles. The molecular formula is C30H48O4. The Morgan fingerprint density at radius 2 is 1.12 bits per heavy atom. The van der Waals surface area contributed by atoms with Crippen LogP contribution in [0, 0.1) is 0 Å². The second-order valence-electron chi connectivity index (χ2n) is 8.43. The van der Waals surface area contributed by atoms with Gasteiger partial charge in [-0.15, -0.1) is 0 Å². The standard InChI is InChI=1S/C24H38O4.C6H10/c1-3-5-7-9-11-15-19-27-23(25)21-17-13-14-18-22(21)24(26)28-20-16-12-10-8-6-4-2;1-3-5-6-4-2/h13-14,17-18H,3-12,15-16,19-20H2,1-2H3;3,5-6H,1,4H2,2H3. The molecule has 0 spiro atoms. The maximum atomic E-state index is 12.4. The quantitative estimate of drug-likeness (QED) is 0.122. The Bertz CT molecular complexity index is 629. The van der Waals surface area contributed by atoms with E-state index in [0.29, 0.717) is 24.3 Å². The van der Waals surface area contributed by atoms with Crippen molar-refractivity contribution in [2.45, 2.75) is 104 Å². The number of carbonyl (C=O) groups is 2. The van der Waals surface area contributed by atoms with E-state index in [2.05, 4.69) is 33.4 Å². The molecule has 0 radical (unpaired) electrons. The Morgan fingerprint density at radius 1 is 0.706 bits per heavy atom. The first-order valence-electron chi connectivity index (χ1n) is 13.3. The molecule has 1 rings (SSSR count). The van der Waals surface area contributed by atoms with Crippen molar-refractivity contribution in [2.24, 2.45) is 0 Å². The molecule has 0 heterocycles. The summed E-state index contributed by atoms with van der Waals surface area (Å²) in [6.45, 7) is 10.8. The van der Waals surface area contributed by atoms with Gasteiger partial charge in [-0.3, -0.25) is 0 Å². The van der Waals surface area contributed by atoms with Crippen LogP contribution in [0.2, 0.25) is 0 Å². The van der Waals surface area contributed by atoms with Crippen molar-refractivity contribution in [3.05, 3.63) is 60.2 Å². The molecule has 0 saturated heterocycles. The number of ether oxygens (including phenoxy) is 2. The molecule has 0 fully saturated rings. The number of carbonyl (C=O) groups excluding carboxylic acids is 2. The van der Waals surface area contributed by atoms with Gasteiger partial charge in [0.25, 0.3) is 0 Å². The van der Waals surface area contributed by atoms with Crippen LogP contribution in [-0.2, 0) is 9.47 Å². The van der Waals surface area contributed by atoms with Gasteiger partial charge in [0.1, 0.15) is 0 Å². The summed E-state index contributed by atoms with van der Waals surface area (Å²) in [4.78, 5) is 24.7. The van der Waals surface area contributed by atoms with E-state index in [1.165, 1.54) is 51.4 Å². The van der Waals surface area contributed by atoms with Gasteiger partial charge >= 0.3 is 11.9 Å². The molecule has 0 N–H and O–H groups in total. The molecule has 34 heavy (non-hydrogen) atoms. The summed E-state index contributed by atoms with van der Waals surface area (Å²) in [5.41, 5.74) is 0.586.